The zero-order valence-corrected chi connectivity index (χ0v) is 12.6. The zero-order valence-electron chi connectivity index (χ0n) is 12.6. The van der Waals surface area contributed by atoms with Gasteiger partial charge in [-0.05, 0) is 32.4 Å². The van der Waals surface area contributed by atoms with Gasteiger partial charge in [-0.15, -0.1) is 0 Å². The summed E-state index contributed by atoms with van der Waals surface area (Å²) in [6.45, 7) is 4.33. The molecule has 1 aliphatic rings. The van der Waals surface area contributed by atoms with E-state index in [9.17, 15) is 13.6 Å². The van der Waals surface area contributed by atoms with Crippen LogP contribution < -0.4 is 0 Å². The molecule has 1 fully saturated rings. The van der Waals surface area contributed by atoms with Crippen molar-refractivity contribution in [3.8, 4) is 6.07 Å². The highest BCUT2D eigenvalue weighted by molar-refractivity contribution is 5.82. The fraction of sp³-hybridized carbons (Fsp3) is 0.533. The number of halogens is 2. The summed E-state index contributed by atoms with van der Waals surface area (Å²) >= 11 is 0. The minimum atomic E-state index is -2.80. The highest BCUT2D eigenvalue weighted by Gasteiger charge is 2.45. The Morgan fingerprint density at radius 2 is 2.27 bits per heavy atom. The van der Waals surface area contributed by atoms with Crippen LogP contribution in [0.5, 0.6) is 0 Å². The van der Waals surface area contributed by atoms with Gasteiger partial charge in [-0.3, -0.25) is 14.6 Å². The molecule has 0 unspecified atom stereocenters. The molecule has 22 heavy (non-hydrogen) atoms. The number of hydrogen-bond acceptors (Lipinski definition) is 4. The van der Waals surface area contributed by atoms with Crippen LogP contribution in [0.4, 0.5) is 8.78 Å². The van der Waals surface area contributed by atoms with Crippen LogP contribution >= 0.6 is 0 Å². The summed E-state index contributed by atoms with van der Waals surface area (Å²) in [5, 5.41) is 10.1. The predicted molar refractivity (Wildman–Crippen MR) is 73.6 cm³/mol. The molecule has 0 aromatic carbocycles. The van der Waals surface area contributed by atoms with Crippen molar-refractivity contribution in [1.29, 1.82) is 5.26 Å². The number of amides is 1. The van der Waals surface area contributed by atoms with E-state index in [2.05, 4.69) is 4.98 Å². The molecule has 1 aliphatic heterocycles. The van der Waals surface area contributed by atoms with Gasteiger partial charge in [-0.25, -0.2) is 13.8 Å². The van der Waals surface area contributed by atoms with Crippen LogP contribution in [0.25, 0.3) is 0 Å². The SMILES string of the molecule is Cc1ncc([C@@H]2CCON2C(=O)C(C)(C)C(F)F)cc1C#N. The molecule has 1 saturated heterocycles. The first kappa shape index (κ1) is 16.3. The average Bonchev–Trinajstić information content (AvgIpc) is 2.96. The van der Waals surface area contributed by atoms with E-state index < -0.39 is 23.8 Å². The molecular weight excluding hydrogens is 292 g/mol. The molecule has 118 valence electrons. The number of hydrogen-bond donors (Lipinski definition) is 0. The number of alkyl halides is 2. The highest BCUT2D eigenvalue weighted by atomic mass is 19.3. The van der Waals surface area contributed by atoms with Crippen LogP contribution in [-0.2, 0) is 9.63 Å². The van der Waals surface area contributed by atoms with Gasteiger partial charge in [0, 0.05) is 12.6 Å². The summed E-state index contributed by atoms with van der Waals surface area (Å²) in [5.74, 6) is -0.774. The summed E-state index contributed by atoms with van der Waals surface area (Å²) in [5.41, 5.74) is -0.252. The Morgan fingerprint density at radius 1 is 1.59 bits per heavy atom. The van der Waals surface area contributed by atoms with E-state index >= 15 is 0 Å². The third kappa shape index (κ3) is 2.79. The van der Waals surface area contributed by atoms with Crippen LogP contribution in [0, 0.1) is 23.7 Å². The van der Waals surface area contributed by atoms with Gasteiger partial charge < -0.3 is 0 Å². The lowest BCUT2D eigenvalue weighted by molar-refractivity contribution is -0.194. The van der Waals surface area contributed by atoms with Gasteiger partial charge in [-0.1, -0.05) is 0 Å². The highest BCUT2D eigenvalue weighted by Crippen LogP contribution is 2.36. The average molecular weight is 309 g/mol. The van der Waals surface area contributed by atoms with E-state index in [4.69, 9.17) is 10.1 Å². The second-order valence-electron chi connectivity index (χ2n) is 5.80. The maximum absolute atomic E-state index is 13.1. The minimum absolute atomic E-state index is 0.255. The molecular formula is C15H17F2N3O2. The van der Waals surface area contributed by atoms with E-state index in [1.54, 1.807) is 19.2 Å². The topological polar surface area (TPSA) is 66.2 Å². The molecule has 7 heteroatoms. The molecule has 1 atom stereocenters. The van der Waals surface area contributed by atoms with Gasteiger partial charge in [0.15, 0.2) is 0 Å². The van der Waals surface area contributed by atoms with Crippen LogP contribution in [0.15, 0.2) is 12.3 Å². The number of nitrogens with zero attached hydrogens (tertiary/aromatic N) is 3. The monoisotopic (exact) mass is 309 g/mol. The zero-order chi connectivity index (χ0) is 16.5. The summed E-state index contributed by atoms with van der Waals surface area (Å²) in [4.78, 5) is 21.7. The fourth-order valence-electron chi connectivity index (χ4n) is 2.19. The normalized spacial score (nSPS) is 18.6. The van der Waals surface area contributed by atoms with Gasteiger partial charge >= 0.3 is 0 Å². The van der Waals surface area contributed by atoms with Crippen molar-refractivity contribution in [2.75, 3.05) is 6.61 Å². The Balaban J connectivity index is 2.32. The molecule has 2 rings (SSSR count). The number of aromatic nitrogens is 1. The Kier molecular flexibility index (Phi) is 4.42. The van der Waals surface area contributed by atoms with Crippen molar-refractivity contribution in [1.82, 2.24) is 10.0 Å². The first-order chi connectivity index (χ1) is 10.3. The van der Waals surface area contributed by atoms with Crippen LogP contribution in [0.1, 0.15) is 43.1 Å². The van der Waals surface area contributed by atoms with E-state index in [-0.39, 0.29) is 6.61 Å². The van der Waals surface area contributed by atoms with Crippen molar-refractivity contribution in [3.05, 3.63) is 29.1 Å². The molecule has 0 bridgehead atoms. The summed E-state index contributed by atoms with van der Waals surface area (Å²) in [6, 6.07) is 3.14. The van der Waals surface area contributed by atoms with Crippen molar-refractivity contribution in [2.24, 2.45) is 5.41 Å². The number of rotatable bonds is 3. The van der Waals surface area contributed by atoms with Crippen molar-refractivity contribution < 1.29 is 18.4 Å². The van der Waals surface area contributed by atoms with E-state index in [1.807, 2.05) is 6.07 Å². The van der Waals surface area contributed by atoms with Crippen LogP contribution in [0.2, 0.25) is 0 Å². The van der Waals surface area contributed by atoms with Crippen molar-refractivity contribution in [2.45, 2.75) is 39.7 Å². The Bertz CT molecular complexity index is 626. The molecule has 0 saturated carbocycles. The number of carbonyl (C=O) groups excluding carboxylic acids is 1. The molecule has 1 aromatic heterocycles. The summed E-state index contributed by atoms with van der Waals surface area (Å²) < 4.78 is 26.1. The molecule has 0 N–H and O–H groups in total. The van der Waals surface area contributed by atoms with E-state index in [0.717, 1.165) is 5.06 Å². The van der Waals surface area contributed by atoms with Gasteiger partial charge in [0.2, 0.25) is 0 Å². The molecule has 0 radical (unpaired) electrons. The van der Waals surface area contributed by atoms with Crippen molar-refractivity contribution in [3.63, 3.8) is 0 Å². The van der Waals surface area contributed by atoms with E-state index in [0.29, 0.717) is 23.2 Å². The smallest absolute Gasteiger partial charge is 0.258 e. The first-order valence-electron chi connectivity index (χ1n) is 6.90. The summed E-state index contributed by atoms with van der Waals surface area (Å²) in [7, 11) is 0. The van der Waals surface area contributed by atoms with E-state index in [1.165, 1.54) is 13.8 Å². The number of hydroxylamine groups is 2. The molecule has 2 heterocycles. The lowest BCUT2D eigenvalue weighted by atomic mass is 9.91. The number of aryl methyl sites for hydroxylation is 1. The van der Waals surface area contributed by atoms with Crippen LogP contribution in [-0.4, -0.2) is 29.0 Å². The molecule has 5 nitrogen and oxygen atoms in total. The Morgan fingerprint density at radius 3 is 2.86 bits per heavy atom. The quantitative estimate of drug-likeness (QED) is 0.861. The minimum Gasteiger partial charge on any atom is -0.272 e. The lowest BCUT2D eigenvalue weighted by Crippen LogP contribution is -2.43. The number of pyridine rings is 1. The molecule has 1 aromatic rings. The fourth-order valence-corrected chi connectivity index (χ4v) is 2.19. The maximum Gasteiger partial charge on any atom is 0.258 e. The third-order valence-corrected chi connectivity index (χ3v) is 3.81. The van der Waals surface area contributed by atoms with Crippen LogP contribution in [0.3, 0.4) is 0 Å². The van der Waals surface area contributed by atoms with Gasteiger partial charge in [0.1, 0.15) is 11.5 Å². The Hall–Kier alpha value is -2.07. The molecule has 0 aliphatic carbocycles. The maximum atomic E-state index is 13.1. The molecule has 1 amide bonds. The predicted octanol–water partition coefficient (Wildman–Crippen LogP) is 2.76. The molecule has 0 spiro atoms. The second-order valence-corrected chi connectivity index (χ2v) is 5.80. The lowest BCUT2D eigenvalue weighted by Gasteiger charge is -2.31. The third-order valence-electron chi connectivity index (χ3n) is 3.81. The van der Waals surface area contributed by atoms with Gasteiger partial charge in [0.05, 0.1) is 23.9 Å². The number of carbonyl (C=O) groups is 1. The van der Waals surface area contributed by atoms with Crippen molar-refractivity contribution >= 4 is 5.91 Å². The standard InChI is InChI=1S/C15H17F2N3O2/c1-9-10(7-18)6-11(8-19-9)12-4-5-22-20(12)14(21)15(2,3)13(16)17/h6,8,12-13H,4-5H2,1-3H3/t12-/m0/s1. The van der Waals surface area contributed by atoms with Gasteiger partial charge in [-0.2, -0.15) is 5.26 Å². The largest absolute Gasteiger partial charge is 0.272 e. The summed E-state index contributed by atoms with van der Waals surface area (Å²) in [6.07, 6.45) is -0.776. The number of nitriles is 1. The van der Waals surface area contributed by atoms with Gasteiger partial charge in [0.25, 0.3) is 12.3 Å². The Labute approximate surface area is 127 Å². The first-order valence-corrected chi connectivity index (χ1v) is 6.90. The second kappa shape index (κ2) is 5.97.